The molecule has 2 amide bonds. The van der Waals surface area contributed by atoms with Crippen LogP contribution in [0.5, 0.6) is 0 Å². The van der Waals surface area contributed by atoms with Gasteiger partial charge < -0.3 is 15.4 Å². The largest absolute Gasteiger partial charge is 0.461 e. The van der Waals surface area contributed by atoms with Crippen LogP contribution < -0.4 is 16.0 Å². The molecule has 0 saturated carbocycles. The number of aromatic nitrogens is 2. The molecule has 1 fully saturated rings. The van der Waals surface area contributed by atoms with Gasteiger partial charge in [-0.2, -0.15) is 5.10 Å². The fraction of sp³-hybridized carbons (Fsp3) is 0.351. The Labute approximate surface area is 270 Å². The van der Waals surface area contributed by atoms with Crippen molar-refractivity contribution in [3.8, 4) is 5.69 Å². The van der Waals surface area contributed by atoms with E-state index in [1.807, 2.05) is 85.8 Å². The number of ether oxygens (including phenoxy) is 1. The van der Waals surface area contributed by atoms with Crippen molar-refractivity contribution in [2.24, 2.45) is 5.41 Å². The Morgan fingerprint density at radius 3 is 2.26 bits per heavy atom. The number of rotatable bonds is 9. The monoisotopic (exact) mass is 621 g/mol. The van der Waals surface area contributed by atoms with Gasteiger partial charge in [-0.25, -0.2) is 9.48 Å². The first kappa shape index (κ1) is 32.6. The predicted molar refractivity (Wildman–Crippen MR) is 181 cm³/mol. The maximum Gasteiger partial charge on any atom is 0.324 e. The Balaban J connectivity index is 1.32. The summed E-state index contributed by atoms with van der Waals surface area (Å²) in [6.07, 6.45) is 1.96. The van der Waals surface area contributed by atoms with Gasteiger partial charge in [0.05, 0.1) is 11.4 Å². The summed E-state index contributed by atoms with van der Waals surface area (Å²) < 4.78 is 6.84. The summed E-state index contributed by atoms with van der Waals surface area (Å²) in [5, 5.41) is 14.2. The smallest absolute Gasteiger partial charge is 0.324 e. The predicted octanol–water partition coefficient (Wildman–Crippen LogP) is 6.98. The molecule has 4 aromatic rings. The number of hydrogen-bond acceptors (Lipinski definition) is 6. The number of nitrogens with zero attached hydrogens (tertiary/aromatic N) is 2. The molecule has 5 rings (SSSR count). The molecular weight excluding hydrogens is 578 g/mol. The lowest BCUT2D eigenvalue weighted by atomic mass is 9.69. The number of hydrogen-bond donors (Lipinski definition) is 3. The highest BCUT2D eigenvalue weighted by Crippen LogP contribution is 2.37. The molecule has 2 heterocycles. The van der Waals surface area contributed by atoms with Gasteiger partial charge in [0.2, 0.25) is 0 Å². The van der Waals surface area contributed by atoms with Crippen molar-refractivity contribution in [3.63, 3.8) is 0 Å². The summed E-state index contributed by atoms with van der Waals surface area (Å²) in [5.41, 5.74) is 5.16. The van der Waals surface area contributed by atoms with Crippen LogP contribution in [0.4, 0.5) is 16.3 Å². The Kier molecular flexibility index (Phi) is 9.72. The molecule has 46 heavy (non-hydrogen) atoms. The number of carbonyl (C=O) groups is 3. The Hall–Kier alpha value is -4.76. The number of benzene rings is 3. The molecule has 240 valence electrons. The summed E-state index contributed by atoms with van der Waals surface area (Å²) in [4.78, 5) is 38.5. The zero-order chi connectivity index (χ0) is 32.9. The number of urea groups is 1. The molecule has 0 radical (unpaired) electrons. The number of carbonyl (C=O) groups excluding carboxylic acids is 3. The minimum Gasteiger partial charge on any atom is -0.461 e. The number of ketones is 1. The molecule has 1 saturated heterocycles. The molecule has 0 atom stereocenters. The van der Waals surface area contributed by atoms with Gasteiger partial charge in [0.25, 0.3) is 0 Å². The van der Waals surface area contributed by atoms with Crippen molar-refractivity contribution in [1.29, 1.82) is 0 Å². The first-order valence-electron chi connectivity index (χ1n) is 15.7. The van der Waals surface area contributed by atoms with Crippen LogP contribution in [0.25, 0.3) is 5.69 Å². The SMILES string of the molecule is CC(=O)OCc1ccc(C(=O)C2(Cc3cccc(NC(=O)Nc4cc(C(C)(C)C)nn4-c4ccc(C)cc4)c3)CCNCC2)cc1. The average Bonchev–Trinajstić information content (AvgIpc) is 3.45. The van der Waals surface area contributed by atoms with E-state index in [9.17, 15) is 14.4 Å². The maximum atomic E-state index is 14.0. The average molecular weight is 622 g/mol. The van der Waals surface area contributed by atoms with Crippen molar-refractivity contribution in [2.75, 3.05) is 23.7 Å². The molecule has 3 aromatic carbocycles. The summed E-state index contributed by atoms with van der Waals surface area (Å²) in [5.74, 6) is 0.329. The van der Waals surface area contributed by atoms with Gasteiger partial charge in [-0.05, 0) is 74.7 Å². The molecule has 0 unspecified atom stereocenters. The minimum absolute atomic E-state index is 0.100. The molecule has 9 heteroatoms. The topological polar surface area (TPSA) is 114 Å². The van der Waals surface area contributed by atoms with Gasteiger partial charge in [0.1, 0.15) is 12.4 Å². The zero-order valence-corrected chi connectivity index (χ0v) is 27.3. The summed E-state index contributed by atoms with van der Waals surface area (Å²) in [7, 11) is 0. The lowest BCUT2D eigenvalue weighted by Crippen LogP contribution is -2.43. The van der Waals surface area contributed by atoms with Crippen LogP contribution >= 0.6 is 0 Å². The van der Waals surface area contributed by atoms with Crippen LogP contribution in [0.2, 0.25) is 0 Å². The maximum absolute atomic E-state index is 14.0. The summed E-state index contributed by atoms with van der Waals surface area (Å²) >= 11 is 0. The van der Waals surface area contributed by atoms with Crippen molar-refractivity contribution >= 4 is 29.3 Å². The lowest BCUT2D eigenvalue weighted by molar-refractivity contribution is -0.142. The number of anilines is 2. The van der Waals surface area contributed by atoms with E-state index in [2.05, 4.69) is 36.7 Å². The molecule has 3 N–H and O–H groups in total. The van der Waals surface area contributed by atoms with Crippen molar-refractivity contribution < 1.29 is 19.1 Å². The highest BCUT2D eigenvalue weighted by atomic mass is 16.5. The van der Waals surface area contributed by atoms with Crippen LogP contribution in [0.15, 0.2) is 78.9 Å². The first-order valence-corrected chi connectivity index (χ1v) is 15.7. The fourth-order valence-corrected chi connectivity index (χ4v) is 5.78. The standard InChI is InChI=1S/C37H43N5O4/c1-25-9-15-31(16-10-25)42-33(22-32(41-42)36(3,4)5)40-35(45)39-30-8-6-7-28(21-30)23-37(17-19-38-20-18-37)34(44)29-13-11-27(12-14-29)24-46-26(2)43/h6-16,21-22,38H,17-20,23-24H2,1-5H3,(H2,39,40,45). The van der Waals surface area contributed by atoms with Gasteiger partial charge in [-0.1, -0.05) is 74.9 Å². The van der Waals surface area contributed by atoms with Crippen LogP contribution in [-0.2, 0) is 28.0 Å². The summed E-state index contributed by atoms with van der Waals surface area (Å²) in [6, 6.07) is 24.5. The number of amides is 2. The fourth-order valence-electron chi connectivity index (χ4n) is 5.78. The molecule has 0 aliphatic carbocycles. The molecule has 1 aliphatic heterocycles. The Morgan fingerprint density at radius 1 is 0.913 bits per heavy atom. The molecule has 1 aromatic heterocycles. The Bertz CT molecular complexity index is 1700. The second-order valence-electron chi connectivity index (χ2n) is 13.2. The second-order valence-corrected chi connectivity index (χ2v) is 13.2. The third-order valence-corrected chi connectivity index (χ3v) is 8.43. The number of aryl methyl sites for hydroxylation is 1. The van der Waals surface area contributed by atoms with Crippen LogP contribution in [0, 0.1) is 12.3 Å². The number of piperidine rings is 1. The zero-order valence-electron chi connectivity index (χ0n) is 27.3. The van der Waals surface area contributed by atoms with E-state index in [0.717, 1.165) is 41.2 Å². The normalized spacial score (nSPS) is 14.4. The van der Waals surface area contributed by atoms with Crippen molar-refractivity contribution in [2.45, 2.75) is 65.9 Å². The molecule has 1 aliphatic rings. The van der Waals surface area contributed by atoms with E-state index in [1.165, 1.54) is 6.92 Å². The third-order valence-electron chi connectivity index (χ3n) is 8.43. The minimum atomic E-state index is -0.576. The van der Waals surface area contributed by atoms with E-state index in [4.69, 9.17) is 9.84 Å². The van der Waals surface area contributed by atoms with Gasteiger partial charge in [0.15, 0.2) is 5.78 Å². The van der Waals surface area contributed by atoms with Crippen LogP contribution in [0.1, 0.15) is 73.3 Å². The van der Waals surface area contributed by atoms with Gasteiger partial charge in [-0.3, -0.25) is 14.9 Å². The highest BCUT2D eigenvalue weighted by molar-refractivity contribution is 6.01. The van der Waals surface area contributed by atoms with Gasteiger partial charge in [0, 0.05) is 35.1 Å². The Morgan fingerprint density at radius 2 is 1.61 bits per heavy atom. The molecule has 9 nitrogen and oxygen atoms in total. The van der Waals surface area contributed by atoms with E-state index in [0.29, 0.717) is 36.3 Å². The molecular formula is C37H43N5O4. The number of esters is 1. The van der Waals surface area contributed by atoms with Crippen molar-refractivity contribution in [3.05, 3.63) is 107 Å². The quantitative estimate of drug-likeness (QED) is 0.137. The van der Waals surface area contributed by atoms with Gasteiger partial charge >= 0.3 is 12.0 Å². The third kappa shape index (κ3) is 7.90. The number of nitrogens with one attached hydrogen (secondary N) is 3. The molecule has 0 spiro atoms. The van der Waals surface area contributed by atoms with Crippen LogP contribution in [0.3, 0.4) is 0 Å². The van der Waals surface area contributed by atoms with E-state index < -0.39 is 5.41 Å². The van der Waals surface area contributed by atoms with E-state index >= 15 is 0 Å². The van der Waals surface area contributed by atoms with E-state index in [1.54, 1.807) is 4.68 Å². The van der Waals surface area contributed by atoms with Crippen LogP contribution in [-0.4, -0.2) is 40.7 Å². The lowest BCUT2D eigenvalue weighted by Gasteiger charge is -2.36. The second kappa shape index (κ2) is 13.7. The summed E-state index contributed by atoms with van der Waals surface area (Å²) in [6.45, 7) is 11.4. The molecule has 0 bridgehead atoms. The van der Waals surface area contributed by atoms with E-state index in [-0.39, 0.29) is 29.8 Å². The first-order chi connectivity index (χ1) is 21.9. The van der Waals surface area contributed by atoms with Crippen molar-refractivity contribution in [1.82, 2.24) is 15.1 Å². The highest BCUT2D eigenvalue weighted by Gasteiger charge is 2.40. The van der Waals surface area contributed by atoms with Gasteiger partial charge in [-0.15, -0.1) is 0 Å². The number of Topliss-reactive ketones (excluding diaryl/α,β-unsaturated/α-hetero) is 1.